The number of benzene rings is 1. The van der Waals surface area contributed by atoms with Crippen molar-refractivity contribution < 1.29 is 14.6 Å². The maximum Gasteiger partial charge on any atom is 0.151 e. The first-order valence-electron chi connectivity index (χ1n) is 9.45. The van der Waals surface area contributed by atoms with Crippen LogP contribution in [0.5, 0.6) is 5.75 Å². The van der Waals surface area contributed by atoms with Gasteiger partial charge >= 0.3 is 0 Å². The number of hydrogen-bond donors (Lipinski definition) is 2. The maximum absolute atomic E-state index is 9.86. The van der Waals surface area contributed by atoms with Crippen LogP contribution in [-0.2, 0) is 4.74 Å². The van der Waals surface area contributed by atoms with E-state index in [1.165, 1.54) is 0 Å². The molecule has 0 radical (unpaired) electrons. The number of morpholine rings is 1. The number of aliphatic hydroxyl groups excluding tert-OH is 1. The number of para-hydroxylation sites is 1. The van der Waals surface area contributed by atoms with Gasteiger partial charge in [-0.1, -0.05) is 12.1 Å². The molecule has 1 aromatic carbocycles. The number of hydrogen-bond acceptors (Lipinski definition) is 7. The topological polar surface area (TPSA) is 79.7 Å². The van der Waals surface area contributed by atoms with Crippen LogP contribution < -0.4 is 15.0 Å². The Hall–Kier alpha value is -1.64. The van der Waals surface area contributed by atoms with E-state index in [4.69, 9.17) is 9.47 Å². The molecule has 0 saturated carbocycles. The molecule has 9 heteroatoms. The molecule has 0 amide bonds. The number of ether oxygens (including phenoxy) is 2. The van der Waals surface area contributed by atoms with Crippen LogP contribution in [0.3, 0.4) is 0 Å². The lowest BCUT2D eigenvalue weighted by atomic mass is 9.83. The number of aromatic nitrogens is 2. The first kappa shape index (κ1) is 22.1. The highest BCUT2D eigenvalue weighted by Crippen LogP contribution is 2.47. The monoisotopic (exact) mass is 440 g/mol. The largest absolute Gasteiger partial charge is 0.496 e. The Kier molecular flexibility index (Phi) is 6.55. The van der Waals surface area contributed by atoms with Gasteiger partial charge in [0, 0.05) is 43.6 Å². The first-order chi connectivity index (χ1) is 13.2. The van der Waals surface area contributed by atoms with Crippen LogP contribution in [0.2, 0.25) is 0 Å². The third-order valence-electron chi connectivity index (χ3n) is 6.27. The third-order valence-corrected chi connectivity index (χ3v) is 6.27. The number of aliphatic hydroxyl groups is 1. The normalized spacial score (nSPS) is 29.6. The smallest absolute Gasteiger partial charge is 0.151 e. The quantitative estimate of drug-likeness (QED) is 0.749. The van der Waals surface area contributed by atoms with E-state index in [-0.39, 0.29) is 49.0 Å². The fourth-order valence-electron chi connectivity index (χ4n) is 4.97. The summed E-state index contributed by atoms with van der Waals surface area (Å²) >= 11 is 0. The molecule has 3 fully saturated rings. The summed E-state index contributed by atoms with van der Waals surface area (Å²) in [5.74, 6) is 2.14. The molecule has 5 rings (SSSR count). The summed E-state index contributed by atoms with van der Waals surface area (Å²) < 4.78 is 11.8. The fraction of sp³-hybridized carbons (Fsp3) is 0.500. The second-order valence-electron chi connectivity index (χ2n) is 7.66. The Morgan fingerprint density at radius 2 is 2.07 bits per heavy atom. The molecule has 2 N–H and O–H groups in total. The van der Waals surface area contributed by atoms with Gasteiger partial charge in [0.05, 0.1) is 25.5 Å². The molecule has 2 aromatic rings. The molecule has 1 aromatic heterocycles. The second kappa shape index (κ2) is 8.62. The van der Waals surface area contributed by atoms with Gasteiger partial charge in [-0.15, -0.1) is 35.0 Å². The van der Waals surface area contributed by atoms with Crippen LogP contribution in [0.15, 0.2) is 36.4 Å². The van der Waals surface area contributed by atoms with Gasteiger partial charge in [0.1, 0.15) is 11.4 Å². The number of methoxy groups -OCH3 is 1. The fourth-order valence-corrected chi connectivity index (χ4v) is 4.97. The van der Waals surface area contributed by atoms with Gasteiger partial charge in [0.2, 0.25) is 0 Å². The van der Waals surface area contributed by atoms with Crippen molar-refractivity contribution in [2.75, 3.05) is 44.8 Å². The Morgan fingerprint density at radius 3 is 2.79 bits per heavy atom. The predicted octanol–water partition coefficient (Wildman–Crippen LogP) is 1.78. The second-order valence-corrected chi connectivity index (χ2v) is 7.66. The molecule has 4 atom stereocenters. The molecule has 158 valence electrons. The number of rotatable bonds is 4. The zero-order valence-electron chi connectivity index (χ0n) is 16.2. The molecule has 2 bridgehead atoms. The number of halogens is 2. The van der Waals surface area contributed by atoms with Crippen molar-refractivity contribution in [3.63, 3.8) is 0 Å². The first-order valence-corrected chi connectivity index (χ1v) is 9.45. The van der Waals surface area contributed by atoms with E-state index in [0.29, 0.717) is 5.92 Å². The molecule has 7 nitrogen and oxygen atoms in total. The lowest BCUT2D eigenvalue weighted by molar-refractivity contribution is -0.0654. The van der Waals surface area contributed by atoms with Crippen LogP contribution in [0.4, 0.5) is 5.82 Å². The van der Waals surface area contributed by atoms with Gasteiger partial charge in [-0.05, 0) is 24.3 Å². The molecule has 3 aliphatic heterocycles. The van der Waals surface area contributed by atoms with Crippen molar-refractivity contribution in [2.45, 2.75) is 11.7 Å². The van der Waals surface area contributed by atoms with Crippen LogP contribution in [-0.4, -0.2) is 66.9 Å². The lowest BCUT2D eigenvalue weighted by Crippen LogP contribution is -2.52. The van der Waals surface area contributed by atoms with E-state index in [1.54, 1.807) is 7.11 Å². The van der Waals surface area contributed by atoms with E-state index in [9.17, 15) is 5.11 Å². The van der Waals surface area contributed by atoms with E-state index in [2.05, 4.69) is 20.4 Å². The standard InChI is InChI=1S/C20H24N4O3.2ClH/c1-26-17-5-3-2-4-13(17)16-6-7-19(23-22-16)24-9-15-14(10-25)18-8-21-11-20(15,12-24)27-18;;/h2-7,14-15,18,21,25H,8-12H2,1H3;2*1H/t14-,15+,18+,20+;;/m0../s1. The molecule has 0 unspecified atom stereocenters. The van der Waals surface area contributed by atoms with Crippen molar-refractivity contribution >= 4 is 30.6 Å². The van der Waals surface area contributed by atoms with Crippen molar-refractivity contribution in [3.05, 3.63) is 36.4 Å². The van der Waals surface area contributed by atoms with Gasteiger partial charge in [-0.3, -0.25) is 0 Å². The van der Waals surface area contributed by atoms with Crippen molar-refractivity contribution in [1.29, 1.82) is 0 Å². The maximum atomic E-state index is 9.86. The summed E-state index contributed by atoms with van der Waals surface area (Å²) in [6, 6.07) is 11.8. The Morgan fingerprint density at radius 1 is 1.24 bits per heavy atom. The number of fused-ring (bicyclic) bond motifs is 1. The number of nitrogens with one attached hydrogen (secondary N) is 1. The third kappa shape index (κ3) is 3.55. The minimum absolute atomic E-state index is 0. The van der Waals surface area contributed by atoms with E-state index >= 15 is 0 Å². The predicted molar refractivity (Wildman–Crippen MR) is 115 cm³/mol. The summed E-state index contributed by atoms with van der Waals surface area (Å²) in [5.41, 5.74) is 1.50. The minimum atomic E-state index is -0.223. The number of anilines is 1. The van der Waals surface area contributed by atoms with Crippen molar-refractivity contribution in [2.24, 2.45) is 11.8 Å². The summed E-state index contributed by atoms with van der Waals surface area (Å²) in [6.07, 6.45) is 0.120. The molecular formula is C20H26Cl2N4O3. The van der Waals surface area contributed by atoms with E-state index in [0.717, 1.165) is 49.0 Å². The summed E-state index contributed by atoms with van der Waals surface area (Å²) in [5, 5.41) is 22.2. The van der Waals surface area contributed by atoms with Gasteiger partial charge in [0.15, 0.2) is 5.82 Å². The van der Waals surface area contributed by atoms with Crippen LogP contribution >= 0.6 is 24.8 Å². The summed E-state index contributed by atoms with van der Waals surface area (Å²) in [7, 11) is 1.66. The highest BCUT2D eigenvalue weighted by molar-refractivity contribution is 5.85. The van der Waals surface area contributed by atoms with Gasteiger partial charge in [-0.2, -0.15) is 0 Å². The SMILES string of the molecule is COc1ccccc1-c1ccc(N2C[C@@H]3[C@H](CO)[C@H]4CNC[C@]3(C2)O4)nn1.Cl.Cl. The summed E-state index contributed by atoms with van der Waals surface area (Å²) in [4.78, 5) is 2.23. The minimum Gasteiger partial charge on any atom is -0.496 e. The van der Waals surface area contributed by atoms with E-state index in [1.807, 2.05) is 36.4 Å². The molecule has 1 spiro atoms. The van der Waals surface area contributed by atoms with Crippen molar-refractivity contribution in [1.82, 2.24) is 15.5 Å². The molecule has 3 aliphatic rings. The van der Waals surface area contributed by atoms with Crippen LogP contribution in [0.25, 0.3) is 11.3 Å². The highest BCUT2D eigenvalue weighted by atomic mass is 35.5. The van der Waals surface area contributed by atoms with Crippen LogP contribution in [0, 0.1) is 11.8 Å². The van der Waals surface area contributed by atoms with Gasteiger partial charge in [0.25, 0.3) is 0 Å². The zero-order chi connectivity index (χ0) is 18.4. The van der Waals surface area contributed by atoms with Gasteiger partial charge < -0.3 is 24.8 Å². The van der Waals surface area contributed by atoms with Crippen molar-refractivity contribution in [3.8, 4) is 17.0 Å². The molecule has 3 saturated heterocycles. The average molecular weight is 441 g/mol. The highest BCUT2D eigenvalue weighted by Gasteiger charge is 2.60. The molecule has 4 heterocycles. The zero-order valence-corrected chi connectivity index (χ0v) is 17.8. The molecular weight excluding hydrogens is 415 g/mol. The van der Waals surface area contributed by atoms with E-state index < -0.39 is 0 Å². The lowest BCUT2D eigenvalue weighted by Gasteiger charge is -2.34. The molecule has 29 heavy (non-hydrogen) atoms. The Bertz CT molecular complexity index is 841. The van der Waals surface area contributed by atoms with Crippen LogP contribution in [0.1, 0.15) is 0 Å². The van der Waals surface area contributed by atoms with Gasteiger partial charge in [-0.25, -0.2) is 0 Å². The molecule has 0 aliphatic carbocycles. The summed E-state index contributed by atoms with van der Waals surface area (Å²) in [6.45, 7) is 3.45. The Balaban J connectivity index is 0.00000120. The number of nitrogens with zero attached hydrogens (tertiary/aromatic N) is 3. The Labute approximate surface area is 182 Å². The average Bonchev–Trinajstić information content (AvgIpc) is 3.16.